The lowest BCUT2D eigenvalue weighted by molar-refractivity contribution is -0.384. The summed E-state index contributed by atoms with van der Waals surface area (Å²) in [5.74, 6) is -1.46. The molecule has 11 heteroatoms. The summed E-state index contributed by atoms with van der Waals surface area (Å²) in [4.78, 5) is 40.1. The summed E-state index contributed by atoms with van der Waals surface area (Å²) in [5, 5.41) is 17.8. The lowest BCUT2D eigenvalue weighted by Crippen LogP contribution is -2.30. The molecule has 4 aromatic rings. The van der Waals surface area contributed by atoms with Crippen LogP contribution in [0.2, 0.25) is 5.02 Å². The topological polar surface area (TPSA) is 129 Å². The predicted molar refractivity (Wildman–Crippen MR) is 128 cm³/mol. The van der Waals surface area contributed by atoms with Crippen molar-refractivity contribution in [2.24, 2.45) is 0 Å². The number of benzene rings is 3. The van der Waals surface area contributed by atoms with Crippen molar-refractivity contribution in [1.82, 2.24) is 14.8 Å². The van der Waals surface area contributed by atoms with Gasteiger partial charge in [0, 0.05) is 17.7 Å². The van der Waals surface area contributed by atoms with Gasteiger partial charge in [0.2, 0.25) is 0 Å². The third kappa shape index (κ3) is 5.33. The second kappa shape index (κ2) is 10.1. The minimum Gasteiger partial charge on any atom is -0.447 e. The summed E-state index contributed by atoms with van der Waals surface area (Å²) >= 11 is 6.02. The minimum absolute atomic E-state index is 0.0200. The lowest BCUT2D eigenvalue weighted by Gasteiger charge is -2.13. The van der Waals surface area contributed by atoms with Crippen molar-refractivity contribution in [2.45, 2.75) is 13.0 Å². The van der Waals surface area contributed by atoms with Gasteiger partial charge in [-0.2, -0.15) is 0 Å². The van der Waals surface area contributed by atoms with Gasteiger partial charge in [-0.1, -0.05) is 60.1 Å². The van der Waals surface area contributed by atoms with Crippen molar-refractivity contribution < 1.29 is 19.2 Å². The Kier molecular flexibility index (Phi) is 6.83. The highest BCUT2D eigenvalue weighted by Gasteiger charge is 2.25. The van der Waals surface area contributed by atoms with E-state index >= 15 is 0 Å². The molecule has 1 aromatic heterocycles. The molecule has 0 saturated heterocycles. The van der Waals surface area contributed by atoms with Crippen molar-refractivity contribution in [3.05, 3.63) is 99.8 Å². The van der Waals surface area contributed by atoms with Gasteiger partial charge in [-0.15, -0.1) is 5.10 Å². The molecule has 176 valence electrons. The number of nitro groups is 1. The highest BCUT2D eigenvalue weighted by atomic mass is 35.5. The van der Waals surface area contributed by atoms with Crippen LogP contribution in [-0.4, -0.2) is 37.7 Å². The van der Waals surface area contributed by atoms with Crippen molar-refractivity contribution in [3.63, 3.8) is 0 Å². The van der Waals surface area contributed by atoms with Crippen LogP contribution in [0.25, 0.3) is 17.1 Å². The van der Waals surface area contributed by atoms with E-state index in [2.05, 4.69) is 15.4 Å². The smallest absolute Gasteiger partial charge is 0.379 e. The van der Waals surface area contributed by atoms with Gasteiger partial charge in [-0.3, -0.25) is 14.9 Å². The van der Waals surface area contributed by atoms with Crippen molar-refractivity contribution in [1.29, 1.82) is 0 Å². The molecule has 1 atom stereocenters. The maximum Gasteiger partial charge on any atom is 0.379 e. The third-order valence-corrected chi connectivity index (χ3v) is 5.22. The van der Waals surface area contributed by atoms with Gasteiger partial charge in [-0.25, -0.2) is 14.5 Å². The van der Waals surface area contributed by atoms with E-state index in [0.717, 1.165) is 11.6 Å². The zero-order valence-electron chi connectivity index (χ0n) is 18.3. The highest BCUT2D eigenvalue weighted by molar-refractivity contribution is 6.33. The Labute approximate surface area is 204 Å². The number of hydrogen-bond donors (Lipinski definition) is 1. The minimum atomic E-state index is -1.26. The normalized spacial score (nSPS) is 11.5. The van der Waals surface area contributed by atoms with Gasteiger partial charge >= 0.3 is 5.97 Å². The first-order valence-corrected chi connectivity index (χ1v) is 10.7. The molecular formula is C24H18ClN5O5. The van der Waals surface area contributed by atoms with Crippen LogP contribution in [0.15, 0.2) is 78.9 Å². The molecule has 10 nitrogen and oxygen atoms in total. The van der Waals surface area contributed by atoms with E-state index in [1.807, 2.05) is 60.7 Å². The Morgan fingerprint density at radius 1 is 1.06 bits per heavy atom. The SMILES string of the molecule is CC(OC(=O)c1nc(-c2ccccc2)n(-c2ccccc2)n1)C(=O)Nc1cc([N+](=O)[O-])ccc1Cl. The Bertz CT molecular complexity index is 1340. The second-order valence-corrected chi connectivity index (χ2v) is 7.74. The number of ether oxygens (including phenoxy) is 1. The molecule has 0 saturated carbocycles. The molecule has 1 heterocycles. The van der Waals surface area contributed by atoms with Crippen LogP contribution >= 0.6 is 11.6 Å². The number of esters is 1. The summed E-state index contributed by atoms with van der Waals surface area (Å²) < 4.78 is 6.78. The number of nitro benzene ring substituents is 1. The molecule has 1 amide bonds. The van der Waals surface area contributed by atoms with Gasteiger partial charge in [0.05, 0.1) is 21.3 Å². The molecule has 0 aliphatic carbocycles. The first kappa shape index (κ1) is 23.6. The van der Waals surface area contributed by atoms with Crippen molar-refractivity contribution in [3.8, 4) is 17.1 Å². The van der Waals surface area contributed by atoms with Gasteiger partial charge in [0.1, 0.15) is 0 Å². The van der Waals surface area contributed by atoms with Crippen molar-refractivity contribution >= 4 is 34.9 Å². The number of carbonyl (C=O) groups is 2. The monoisotopic (exact) mass is 491 g/mol. The summed E-state index contributed by atoms with van der Waals surface area (Å²) in [6.45, 7) is 1.35. The highest BCUT2D eigenvalue weighted by Crippen LogP contribution is 2.27. The summed E-state index contributed by atoms with van der Waals surface area (Å²) in [6.07, 6.45) is -1.26. The molecule has 0 spiro atoms. The molecule has 1 unspecified atom stereocenters. The lowest BCUT2D eigenvalue weighted by atomic mass is 10.2. The van der Waals surface area contributed by atoms with Crippen molar-refractivity contribution in [2.75, 3.05) is 5.32 Å². The Morgan fingerprint density at radius 3 is 2.37 bits per heavy atom. The van der Waals surface area contributed by atoms with Crippen LogP contribution in [0.3, 0.4) is 0 Å². The van der Waals surface area contributed by atoms with E-state index in [9.17, 15) is 19.7 Å². The number of carbonyl (C=O) groups excluding carboxylic acids is 2. The molecule has 4 rings (SSSR count). The second-order valence-electron chi connectivity index (χ2n) is 7.33. The molecular weight excluding hydrogens is 474 g/mol. The van der Waals surface area contributed by atoms with E-state index in [1.165, 1.54) is 23.7 Å². The Morgan fingerprint density at radius 2 is 1.71 bits per heavy atom. The number of aromatic nitrogens is 3. The maximum atomic E-state index is 12.8. The molecule has 3 aromatic carbocycles. The fourth-order valence-electron chi connectivity index (χ4n) is 3.15. The van der Waals surface area contributed by atoms with Gasteiger partial charge in [-0.05, 0) is 25.1 Å². The van der Waals surface area contributed by atoms with Crippen LogP contribution in [0.1, 0.15) is 17.5 Å². The number of nitrogens with zero attached hydrogens (tertiary/aromatic N) is 4. The summed E-state index contributed by atoms with van der Waals surface area (Å²) in [7, 11) is 0. The van der Waals surface area contributed by atoms with Gasteiger partial charge in [0.15, 0.2) is 11.9 Å². The van der Waals surface area contributed by atoms with Crippen LogP contribution in [0.4, 0.5) is 11.4 Å². The predicted octanol–water partition coefficient (Wildman–Crippen LogP) is 4.68. The zero-order valence-corrected chi connectivity index (χ0v) is 19.0. The Hall–Kier alpha value is -4.57. The summed E-state index contributed by atoms with van der Waals surface area (Å²) in [5.41, 5.74) is 1.18. The Balaban J connectivity index is 1.55. The number of rotatable bonds is 7. The number of non-ortho nitro benzene ring substituents is 1. The fraction of sp³-hybridized carbons (Fsp3) is 0.0833. The molecule has 0 bridgehead atoms. The van der Waals surface area contributed by atoms with Crippen LogP contribution in [-0.2, 0) is 9.53 Å². The average Bonchev–Trinajstić information content (AvgIpc) is 3.32. The van der Waals surface area contributed by atoms with Crippen LogP contribution in [0.5, 0.6) is 0 Å². The molecule has 35 heavy (non-hydrogen) atoms. The standard InChI is InChI=1S/C24H18ClN5O5/c1-15(23(31)26-20-14-18(30(33)34)12-13-19(20)25)35-24(32)21-27-22(16-8-4-2-5-9-16)29(28-21)17-10-6-3-7-11-17/h2-15H,1H3,(H,26,31). The zero-order chi connectivity index (χ0) is 24.9. The molecule has 0 aliphatic rings. The van der Waals surface area contributed by atoms with Crippen LogP contribution in [0, 0.1) is 10.1 Å². The molecule has 0 radical (unpaired) electrons. The first-order chi connectivity index (χ1) is 16.8. The summed E-state index contributed by atoms with van der Waals surface area (Å²) in [6, 6.07) is 21.9. The number of hydrogen-bond acceptors (Lipinski definition) is 7. The van der Waals surface area contributed by atoms with E-state index in [-0.39, 0.29) is 22.2 Å². The van der Waals surface area contributed by atoms with Gasteiger partial charge in [0.25, 0.3) is 17.4 Å². The first-order valence-electron chi connectivity index (χ1n) is 10.4. The number of halogens is 1. The average molecular weight is 492 g/mol. The largest absolute Gasteiger partial charge is 0.447 e. The maximum absolute atomic E-state index is 12.8. The molecule has 0 aliphatic heterocycles. The van der Waals surface area contributed by atoms with Crippen LogP contribution < -0.4 is 5.32 Å². The van der Waals surface area contributed by atoms with E-state index in [0.29, 0.717) is 11.5 Å². The van der Waals surface area contributed by atoms with E-state index < -0.39 is 22.9 Å². The van der Waals surface area contributed by atoms with Gasteiger partial charge < -0.3 is 10.1 Å². The fourth-order valence-corrected chi connectivity index (χ4v) is 3.31. The number of anilines is 1. The van der Waals surface area contributed by atoms with E-state index in [1.54, 1.807) is 0 Å². The quantitative estimate of drug-likeness (QED) is 0.226. The molecule has 1 N–H and O–H groups in total. The third-order valence-electron chi connectivity index (χ3n) is 4.89. The van der Waals surface area contributed by atoms with E-state index in [4.69, 9.17) is 16.3 Å². The number of nitrogens with one attached hydrogen (secondary N) is 1. The number of amides is 1. The molecule has 0 fully saturated rings. The number of para-hydroxylation sites is 1.